The Morgan fingerprint density at radius 3 is 2.12 bits per heavy atom. The second kappa shape index (κ2) is 13.8. The molecule has 48 heavy (non-hydrogen) atoms. The summed E-state index contributed by atoms with van der Waals surface area (Å²) in [6.45, 7) is -0.930. The standard InChI is InChI=1S/C38H28ClNO8/c39-38(48-36(44)26-11-5-2-6-12-26,32-21-29(17-18-33(32)46-23-34(41)42)35(43)25-9-3-1-4-10-25)40-37(45)47-22-24-15-16-28-20-27-13-7-8-14-30(27)31(28)19-24/h1-19,21H,20,22-23H2,(H,40,45)(H,41,42). The zero-order valence-corrected chi connectivity index (χ0v) is 26.1. The van der Waals surface area contributed by atoms with Crippen LogP contribution in [-0.4, -0.2) is 35.5 Å². The predicted molar refractivity (Wildman–Crippen MR) is 177 cm³/mol. The largest absolute Gasteiger partial charge is 0.481 e. The minimum Gasteiger partial charge on any atom is -0.481 e. The zero-order valence-electron chi connectivity index (χ0n) is 25.4. The van der Waals surface area contributed by atoms with Crippen LogP contribution in [0.15, 0.2) is 121 Å². The molecule has 10 heteroatoms. The molecule has 2 N–H and O–H groups in total. The molecule has 1 aliphatic carbocycles. The number of benzene rings is 5. The van der Waals surface area contributed by atoms with E-state index >= 15 is 0 Å². The van der Waals surface area contributed by atoms with Crippen molar-refractivity contribution in [3.8, 4) is 16.9 Å². The highest BCUT2D eigenvalue weighted by molar-refractivity contribution is 6.24. The number of hydrogen-bond donors (Lipinski definition) is 2. The molecule has 9 nitrogen and oxygen atoms in total. The Bertz CT molecular complexity index is 2010. The van der Waals surface area contributed by atoms with Crippen LogP contribution < -0.4 is 10.1 Å². The van der Waals surface area contributed by atoms with E-state index in [1.165, 1.54) is 35.9 Å². The number of carbonyl (C=O) groups excluding carboxylic acids is 3. The van der Waals surface area contributed by atoms with Crippen molar-refractivity contribution in [3.05, 3.63) is 160 Å². The lowest BCUT2D eigenvalue weighted by atomic mass is 10.00. The fourth-order valence-electron chi connectivity index (χ4n) is 5.43. The van der Waals surface area contributed by atoms with Crippen molar-refractivity contribution >= 4 is 35.4 Å². The van der Waals surface area contributed by atoms with Crippen LogP contribution in [0.1, 0.15) is 48.5 Å². The van der Waals surface area contributed by atoms with Crippen molar-refractivity contribution < 1.29 is 38.5 Å². The van der Waals surface area contributed by atoms with Crippen molar-refractivity contribution in [3.63, 3.8) is 0 Å². The number of ether oxygens (including phenoxy) is 3. The third-order valence-electron chi connectivity index (χ3n) is 7.71. The summed E-state index contributed by atoms with van der Waals surface area (Å²) in [4.78, 5) is 51.5. The van der Waals surface area contributed by atoms with E-state index in [0.29, 0.717) is 11.1 Å². The smallest absolute Gasteiger partial charge is 0.411 e. The maximum absolute atomic E-state index is 13.4. The number of carboxylic acid groups (broad SMARTS) is 1. The topological polar surface area (TPSA) is 128 Å². The number of aliphatic carboxylic acids is 1. The molecule has 6 rings (SSSR count). The lowest BCUT2D eigenvalue weighted by Crippen LogP contribution is -2.45. The summed E-state index contributed by atoms with van der Waals surface area (Å²) in [7, 11) is 0. The van der Waals surface area contributed by atoms with Crippen molar-refractivity contribution in [1.29, 1.82) is 0 Å². The van der Waals surface area contributed by atoms with E-state index in [1.54, 1.807) is 48.5 Å². The quantitative estimate of drug-likeness (QED) is 0.0495. The van der Waals surface area contributed by atoms with E-state index in [-0.39, 0.29) is 29.0 Å². The number of hydrogen-bond acceptors (Lipinski definition) is 7. The zero-order chi connectivity index (χ0) is 33.7. The van der Waals surface area contributed by atoms with Gasteiger partial charge in [0, 0.05) is 11.1 Å². The van der Waals surface area contributed by atoms with Crippen molar-refractivity contribution in [2.75, 3.05) is 6.61 Å². The van der Waals surface area contributed by atoms with Crippen LogP contribution in [0.25, 0.3) is 11.1 Å². The summed E-state index contributed by atoms with van der Waals surface area (Å²) < 4.78 is 16.7. The molecule has 240 valence electrons. The molecule has 0 aliphatic heterocycles. The summed E-state index contributed by atoms with van der Waals surface area (Å²) in [6.07, 6.45) is -0.247. The first kappa shape index (κ1) is 32.0. The average molecular weight is 662 g/mol. The number of carbonyl (C=O) groups is 4. The predicted octanol–water partition coefficient (Wildman–Crippen LogP) is 7.08. The fraction of sp³-hybridized carbons (Fsp3) is 0.105. The molecule has 0 bridgehead atoms. The van der Waals surface area contributed by atoms with Gasteiger partial charge in [-0.15, -0.1) is 0 Å². The van der Waals surface area contributed by atoms with Crippen molar-refractivity contribution in [2.24, 2.45) is 0 Å². The molecule has 5 aromatic carbocycles. The van der Waals surface area contributed by atoms with E-state index in [0.717, 1.165) is 23.1 Å². The van der Waals surface area contributed by atoms with Gasteiger partial charge in [-0.1, -0.05) is 84.9 Å². The first-order valence-corrected chi connectivity index (χ1v) is 15.3. The Morgan fingerprint density at radius 1 is 0.729 bits per heavy atom. The molecule has 0 saturated carbocycles. The lowest BCUT2D eigenvalue weighted by Gasteiger charge is -2.29. The number of nitrogens with one attached hydrogen (secondary N) is 1. The molecule has 1 aliphatic rings. The average Bonchev–Trinajstić information content (AvgIpc) is 3.48. The summed E-state index contributed by atoms with van der Waals surface area (Å²) in [5.74, 6) is -2.78. The Hall–Kier alpha value is -5.93. The second-order valence-electron chi connectivity index (χ2n) is 11.0. The van der Waals surface area contributed by atoms with Crippen molar-refractivity contribution in [2.45, 2.75) is 18.2 Å². The van der Waals surface area contributed by atoms with Gasteiger partial charge in [-0.2, -0.15) is 0 Å². The number of esters is 1. The number of carboxylic acids is 1. The van der Waals surface area contributed by atoms with Crippen LogP contribution in [0, 0.1) is 0 Å². The molecule has 1 amide bonds. The number of halogens is 1. The molecule has 1 unspecified atom stereocenters. The van der Waals surface area contributed by atoms with Gasteiger partial charge >= 0.3 is 18.0 Å². The number of amides is 1. The monoisotopic (exact) mass is 661 g/mol. The van der Waals surface area contributed by atoms with Gasteiger partial charge < -0.3 is 19.3 Å². The number of ketones is 1. The van der Waals surface area contributed by atoms with E-state index in [9.17, 15) is 24.3 Å². The van der Waals surface area contributed by atoms with Gasteiger partial charge in [-0.05, 0) is 82.2 Å². The van der Waals surface area contributed by atoms with E-state index in [2.05, 4.69) is 11.4 Å². The minimum atomic E-state index is -2.51. The Kier molecular flexibility index (Phi) is 9.22. The molecule has 0 spiro atoms. The lowest BCUT2D eigenvalue weighted by molar-refractivity contribution is -0.139. The van der Waals surface area contributed by atoms with Gasteiger partial charge in [0.25, 0.3) is 5.18 Å². The van der Waals surface area contributed by atoms with Crippen molar-refractivity contribution in [1.82, 2.24) is 5.32 Å². The summed E-state index contributed by atoms with van der Waals surface area (Å²) in [5, 5.41) is 9.20. The first-order valence-electron chi connectivity index (χ1n) is 14.9. The first-order chi connectivity index (χ1) is 23.2. The Balaban J connectivity index is 1.32. The number of alkyl halides is 1. The third-order valence-corrected chi connectivity index (χ3v) is 8.09. The SMILES string of the molecule is O=C(O)COc1ccc(C(=O)c2ccccc2)cc1C(Cl)(NC(=O)OCc1ccc2c(c1)-c1ccccc1C2)OC(=O)c1ccccc1. The van der Waals surface area contributed by atoms with Crippen LogP contribution in [0.5, 0.6) is 5.75 Å². The van der Waals surface area contributed by atoms with Gasteiger partial charge in [0.15, 0.2) is 12.4 Å². The molecular weight excluding hydrogens is 634 g/mol. The molecule has 5 aromatic rings. The number of rotatable bonds is 11. The maximum Gasteiger partial charge on any atom is 0.411 e. The second-order valence-corrected chi connectivity index (χ2v) is 11.5. The molecule has 0 aromatic heterocycles. The normalized spacial score (nSPS) is 12.5. The molecule has 1 atom stereocenters. The van der Waals surface area contributed by atoms with Crippen LogP contribution in [0.4, 0.5) is 4.79 Å². The summed E-state index contributed by atoms with van der Waals surface area (Å²) in [5.41, 5.74) is 5.62. The van der Waals surface area contributed by atoms with Gasteiger partial charge in [-0.25, -0.2) is 14.4 Å². The molecule has 0 radical (unpaired) electrons. The van der Waals surface area contributed by atoms with E-state index in [4.69, 9.17) is 25.8 Å². The third kappa shape index (κ3) is 7.06. The Morgan fingerprint density at radius 2 is 1.40 bits per heavy atom. The highest BCUT2D eigenvalue weighted by Gasteiger charge is 2.41. The maximum atomic E-state index is 13.4. The van der Waals surface area contributed by atoms with Crippen LogP contribution in [0.3, 0.4) is 0 Å². The van der Waals surface area contributed by atoms with Gasteiger partial charge in [0.05, 0.1) is 11.1 Å². The molecular formula is C38H28ClNO8. The van der Waals surface area contributed by atoms with E-state index < -0.39 is 35.6 Å². The van der Waals surface area contributed by atoms with Crippen LogP contribution >= 0.6 is 11.6 Å². The van der Waals surface area contributed by atoms with Crippen LogP contribution in [0.2, 0.25) is 0 Å². The molecule has 0 heterocycles. The minimum absolute atomic E-state index is 0.105. The van der Waals surface area contributed by atoms with Gasteiger partial charge in [0.2, 0.25) is 0 Å². The number of alkyl carbamates (subject to hydrolysis) is 1. The van der Waals surface area contributed by atoms with Gasteiger partial charge in [0.1, 0.15) is 12.4 Å². The highest BCUT2D eigenvalue weighted by Crippen LogP contribution is 2.38. The molecule has 0 saturated heterocycles. The fourth-order valence-corrected chi connectivity index (χ4v) is 5.72. The number of fused-ring (bicyclic) bond motifs is 3. The highest BCUT2D eigenvalue weighted by atomic mass is 35.5. The van der Waals surface area contributed by atoms with E-state index in [1.807, 2.05) is 36.4 Å². The summed E-state index contributed by atoms with van der Waals surface area (Å²) >= 11 is 6.97. The molecule has 0 fully saturated rings. The Labute approximate surface area is 280 Å². The van der Waals surface area contributed by atoms with Gasteiger partial charge in [-0.3, -0.25) is 10.1 Å². The van der Waals surface area contributed by atoms with Crippen LogP contribution in [-0.2, 0) is 32.5 Å². The summed E-state index contributed by atoms with van der Waals surface area (Å²) in [6, 6.07) is 34.2.